The summed E-state index contributed by atoms with van der Waals surface area (Å²) < 4.78 is 0. The van der Waals surface area contributed by atoms with Crippen LogP contribution in [0.15, 0.2) is 36.1 Å². The monoisotopic (exact) mass is 602 g/mol. The highest BCUT2D eigenvalue weighted by atomic mass is 35.5. The summed E-state index contributed by atoms with van der Waals surface area (Å²) in [5.41, 5.74) is 1.34. The van der Waals surface area contributed by atoms with Gasteiger partial charge in [-0.25, -0.2) is 4.79 Å². The fourth-order valence-electron chi connectivity index (χ4n) is 8.55. The molecule has 10 heteroatoms. The lowest BCUT2D eigenvalue weighted by molar-refractivity contribution is -0.168. The normalized spacial score (nSPS) is 34.3. The molecule has 6 aliphatic rings. The van der Waals surface area contributed by atoms with Crippen LogP contribution in [0.5, 0.6) is 0 Å². The van der Waals surface area contributed by atoms with Crippen LogP contribution in [0.25, 0.3) is 0 Å². The molecule has 0 radical (unpaired) electrons. The fourth-order valence-corrected chi connectivity index (χ4v) is 12.5. The first-order chi connectivity index (χ1) is 18.8. The molecule has 6 fully saturated rings. The van der Waals surface area contributed by atoms with Gasteiger partial charge in [0.25, 0.3) is 0 Å². The molecule has 6 nitrogen and oxygen atoms in total. The molecule has 39 heavy (non-hydrogen) atoms. The van der Waals surface area contributed by atoms with Gasteiger partial charge < -0.3 is 14.9 Å². The Morgan fingerprint density at radius 3 is 2.62 bits per heavy atom. The zero-order chi connectivity index (χ0) is 26.9. The Hall–Kier alpha value is -1.28. The fraction of sp³-hybridized carbons (Fsp3) is 0.586. The maximum Gasteiger partial charge on any atom is 0.325 e. The standard InChI is InChI=1S/C29H36ClN3O3P3/c30-25-13-23(32-8-7-31(28(32)35)17-24-2-1-9-38-39(24)37)4-3-19(25)12-20-5-6-33(27(20)34)26-21-10-18-11-22(26)16-29(36,14-18)15-21/h1-4,9,13,18,20-22,26,36H,5-8,10-12,14-17,37H2/q+1. The van der Waals surface area contributed by atoms with Gasteiger partial charge in [0.1, 0.15) is 5.30 Å². The molecule has 1 aromatic carbocycles. The third-order valence-corrected chi connectivity index (χ3v) is 15.9. The van der Waals surface area contributed by atoms with Gasteiger partial charge in [-0.05, 0) is 92.5 Å². The van der Waals surface area contributed by atoms with E-state index >= 15 is 0 Å². The number of rotatable bonds is 6. The molecule has 8 rings (SSSR count). The Morgan fingerprint density at radius 2 is 1.90 bits per heavy atom. The summed E-state index contributed by atoms with van der Waals surface area (Å²) in [7, 11) is 4.24. The summed E-state index contributed by atoms with van der Waals surface area (Å²) in [6, 6.07) is 10.5. The molecule has 0 spiro atoms. The van der Waals surface area contributed by atoms with Gasteiger partial charge in [-0.3, -0.25) is 9.69 Å². The van der Waals surface area contributed by atoms with Crippen LogP contribution >= 0.6 is 35.3 Å². The lowest BCUT2D eigenvalue weighted by atomic mass is 9.52. The Kier molecular flexibility index (Phi) is 6.97. The molecule has 4 bridgehead atoms. The van der Waals surface area contributed by atoms with E-state index in [9.17, 15) is 14.7 Å². The topological polar surface area (TPSA) is 64.1 Å². The van der Waals surface area contributed by atoms with Gasteiger partial charge >= 0.3 is 6.03 Å². The quantitative estimate of drug-likeness (QED) is 0.379. The van der Waals surface area contributed by atoms with Crippen LogP contribution in [0.4, 0.5) is 10.5 Å². The Labute approximate surface area is 240 Å². The highest BCUT2D eigenvalue weighted by molar-refractivity contribution is 8.32. The molecule has 5 atom stereocenters. The molecule has 3 heterocycles. The van der Waals surface area contributed by atoms with Crippen LogP contribution in [-0.4, -0.2) is 58.1 Å². The van der Waals surface area contributed by atoms with Crippen molar-refractivity contribution in [2.24, 2.45) is 23.7 Å². The maximum absolute atomic E-state index is 13.6. The smallest absolute Gasteiger partial charge is 0.325 e. The molecular weight excluding hydrogens is 567 g/mol. The van der Waals surface area contributed by atoms with Gasteiger partial charge in [0.15, 0.2) is 14.8 Å². The summed E-state index contributed by atoms with van der Waals surface area (Å²) in [5, 5.41) is 12.9. The number of nitrogens with zero attached hydrogens (tertiary/aromatic N) is 3. The number of urea groups is 1. The molecule has 1 aromatic heterocycles. The maximum atomic E-state index is 13.6. The van der Waals surface area contributed by atoms with Gasteiger partial charge in [0, 0.05) is 48.1 Å². The van der Waals surface area contributed by atoms with Crippen LogP contribution < -0.4 is 4.90 Å². The number of amides is 3. The van der Waals surface area contributed by atoms with E-state index in [4.69, 9.17) is 11.6 Å². The second-order valence-corrected chi connectivity index (χ2v) is 19.5. The van der Waals surface area contributed by atoms with Crippen molar-refractivity contribution in [3.63, 3.8) is 0 Å². The molecule has 4 saturated carbocycles. The summed E-state index contributed by atoms with van der Waals surface area (Å²) in [6.45, 7) is 2.55. The molecule has 5 unspecified atom stereocenters. The Morgan fingerprint density at radius 1 is 1.10 bits per heavy atom. The second-order valence-electron chi connectivity index (χ2n) is 12.5. The summed E-state index contributed by atoms with van der Waals surface area (Å²) in [6.07, 6.45) is 6.55. The summed E-state index contributed by atoms with van der Waals surface area (Å²) in [4.78, 5) is 32.8. The van der Waals surface area contributed by atoms with Crippen molar-refractivity contribution in [1.82, 2.24) is 9.80 Å². The highest BCUT2D eigenvalue weighted by Gasteiger charge is 2.57. The Bertz CT molecular complexity index is 1310. The van der Waals surface area contributed by atoms with Crippen LogP contribution in [0.3, 0.4) is 0 Å². The van der Waals surface area contributed by atoms with E-state index in [1.165, 1.54) is 26.0 Å². The van der Waals surface area contributed by atoms with Gasteiger partial charge in [-0.2, -0.15) is 0 Å². The van der Waals surface area contributed by atoms with E-state index in [0.29, 0.717) is 54.9 Å². The minimum atomic E-state index is -0.472. The van der Waals surface area contributed by atoms with Crippen molar-refractivity contribution >= 4 is 52.9 Å². The number of anilines is 1. The van der Waals surface area contributed by atoms with Crippen molar-refractivity contribution < 1.29 is 14.7 Å². The predicted octanol–water partition coefficient (Wildman–Crippen LogP) is 6.60. The van der Waals surface area contributed by atoms with Crippen LogP contribution in [0.1, 0.15) is 49.4 Å². The summed E-state index contributed by atoms with van der Waals surface area (Å²) in [5.74, 6) is 3.94. The minimum Gasteiger partial charge on any atom is -0.390 e. The molecule has 4 aliphatic carbocycles. The van der Waals surface area contributed by atoms with E-state index < -0.39 is 5.60 Å². The van der Waals surface area contributed by atoms with Gasteiger partial charge in [0.05, 0.1) is 21.1 Å². The number of likely N-dealkylation sites (tertiary alicyclic amines) is 1. The first-order valence-corrected chi connectivity index (χ1v) is 19.3. The number of hydrogen-bond acceptors (Lipinski definition) is 3. The van der Waals surface area contributed by atoms with Crippen molar-refractivity contribution in [2.45, 2.75) is 63.1 Å². The molecule has 3 amide bonds. The van der Waals surface area contributed by atoms with Gasteiger partial charge in [0.2, 0.25) is 5.91 Å². The number of carbonyl (C=O) groups excluding carboxylic acids is 2. The van der Waals surface area contributed by atoms with Crippen molar-refractivity contribution in [3.05, 3.63) is 52.0 Å². The summed E-state index contributed by atoms with van der Waals surface area (Å²) >= 11 is 6.77. The Balaban J connectivity index is 1.00. The molecule has 1 N–H and O–H groups in total. The predicted molar refractivity (Wildman–Crippen MR) is 162 cm³/mol. The van der Waals surface area contributed by atoms with Crippen LogP contribution in [-0.2, 0) is 17.8 Å². The average Bonchev–Trinajstić information content (AvgIpc) is 3.43. The number of hydrogen-bond donors (Lipinski definition) is 1. The van der Waals surface area contributed by atoms with Gasteiger partial charge in [-0.1, -0.05) is 17.7 Å². The first kappa shape index (κ1) is 26.6. The zero-order valence-corrected chi connectivity index (χ0v) is 25.8. The van der Waals surface area contributed by atoms with E-state index in [2.05, 4.69) is 31.8 Å². The van der Waals surface area contributed by atoms with Crippen molar-refractivity contribution in [2.75, 3.05) is 24.5 Å². The third-order valence-electron chi connectivity index (χ3n) is 10.0. The number of benzene rings is 1. The lowest BCUT2D eigenvalue weighted by Gasteiger charge is -2.59. The number of aliphatic hydroxyl groups is 1. The van der Waals surface area contributed by atoms with E-state index in [1.54, 1.807) is 0 Å². The van der Waals surface area contributed by atoms with Gasteiger partial charge in [-0.15, -0.1) is 0 Å². The molecule has 206 valence electrons. The van der Waals surface area contributed by atoms with E-state index in [-0.39, 0.29) is 24.8 Å². The van der Waals surface area contributed by atoms with Crippen molar-refractivity contribution in [1.29, 1.82) is 0 Å². The van der Waals surface area contributed by atoms with Crippen molar-refractivity contribution in [3.8, 4) is 0 Å². The lowest BCUT2D eigenvalue weighted by Crippen LogP contribution is -2.62. The van der Waals surface area contributed by atoms with E-state index in [1.807, 2.05) is 28.0 Å². The molecular formula is C29H36ClN3O3P3+. The number of carbonyl (C=O) groups is 2. The molecule has 2 aromatic rings. The largest absolute Gasteiger partial charge is 0.390 e. The third kappa shape index (κ3) is 4.83. The first-order valence-electron chi connectivity index (χ1n) is 14.3. The van der Waals surface area contributed by atoms with E-state index in [0.717, 1.165) is 43.5 Å². The number of halogens is 1. The molecule has 2 aliphatic heterocycles. The SMILES string of the molecule is O=C1N(Cc2cccp[p+]2P)CCN1c1ccc(CC2CCN(C3C4CC5CC3CC(O)(C5)C4)C2=O)c(Cl)c1. The van der Waals surface area contributed by atoms with Crippen LogP contribution in [0.2, 0.25) is 5.02 Å². The highest BCUT2D eigenvalue weighted by Crippen LogP contribution is 2.57. The second kappa shape index (κ2) is 10.2. The zero-order valence-electron chi connectivity index (χ0n) is 22.1. The molecule has 2 saturated heterocycles. The minimum absolute atomic E-state index is 0.0290. The average molecular weight is 603 g/mol. The van der Waals surface area contributed by atoms with Crippen LogP contribution in [0, 0.1) is 23.7 Å².